The van der Waals surface area contributed by atoms with Crippen molar-refractivity contribution in [1.82, 2.24) is 5.32 Å². The number of benzene rings is 3. The summed E-state index contributed by atoms with van der Waals surface area (Å²) in [4.78, 5) is 30.3. The van der Waals surface area contributed by atoms with Gasteiger partial charge in [-0.1, -0.05) is 65.3 Å². The van der Waals surface area contributed by atoms with Crippen LogP contribution in [0.1, 0.15) is 39.6 Å². The van der Waals surface area contributed by atoms with Crippen LogP contribution in [0, 0.1) is 6.92 Å². The highest BCUT2D eigenvalue weighted by atomic mass is 16.6. The van der Waals surface area contributed by atoms with E-state index in [4.69, 9.17) is 4.84 Å². The average molecular weight is 413 g/mol. The van der Waals surface area contributed by atoms with Crippen LogP contribution in [0.2, 0.25) is 0 Å². The van der Waals surface area contributed by atoms with Crippen molar-refractivity contribution < 1.29 is 14.4 Å². The molecule has 0 aliphatic carbocycles. The van der Waals surface area contributed by atoms with Crippen LogP contribution < -0.4 is 10.6 Å². The third-order valence-corrected chi connectivity index (χ3v) is 5.05. The minimum atomic E-state index is -0.257. The predicted octanol–water partition coefficient (Wildman–Crippen LogP) is 4.38. The molecule has 0 saturated carbocycles. The van der Waals surface area contributed by atoms with Crippen molar-refractivity contribution in [3.63, 3.8) is 0 Å². The number of carbonyl (C=O) groups excluding carboxylic acids is 2. The second-order valence-corrected chi connectivity index (χ2v) is 7.45. The molecule has 1 aliphatic rings. The Kier molecular flexibility index (Phi) is 6.08. The average Bonchev–Trinajstić information content (AvgIpc) is 3.29. The number of rotatable bonds is 6. The van der Waals surface area contributed by atoms with Gasteiger partial charge in [-0.25, -0.2) is 0 Å². The Morgan fingerprint density at radius 1 is 0.968 bits per heavy atom. The van der Waals surface area contributed by atoms with Crippen molar-refractivity contribution in [2.45, 2.75) is 26.0 Å². The van der Waals surface area contributed by atoms with Gasteiger partial charge in [0.2, 0.25) is 0 Å². The van der Waals surface area contributed by atoms with Crippen molar-refractivity contribution in [2.24, 2.45) is 5.16 Å². The van der Waals surface area contributed by atoms with E-state index >= 15 is 0 Å². The molecule has 2 N–H and O–H groups in total. The van der Waals surface area contributed by atoms with Gasteiger partial charge in [-0.15, -0.1) is 0 Å². The lowest BCUT2D eigenvalue weighted by atomic mass is 10.0. The fourth-order valence-electron chi connectivity index (χ4n) is 3.31. The number of hydrogen-bond donors (Lipinski definition) is 2. The van der Waals surface area contributed by atoms with E-state index in [-0.39, 0.29) is 17.9 Å². The fourth-order valence-corrected chi connectivity index (χ4v) is 3.31. The molecule has 1 heterocycles. The van der Waals surface area contributed by atoms with Gasteiger partial charge in [-0.05, 0) is 42.3 Å². The van der Waals surface area contributed by atoms with Crippen molar-refractivity contribution in [3.05, 3.63) is 101 Å². The lowest BCUT2D eigenvalue weighted by molar-refractivity contribution is -0.115. The van der Waals surface area contributed by atoms with E-state index < -0.39 is 0 Å². The minimum absolute atomic E-state index is 0.175. The molecule has 4 rings (SSSR count). The van der Waals surface area contributed by atoms with Gasteiger partial charge in [0, 0.05) is 24.2 Å². The second kappa shape index (κ2) is 9.26. The van der Waals surface area contributed by atoms with Crippen LogP contribution in [-0.4, -0.2) is 17.5 Å². The first-order valence-corrected chi connectivity index (χ1v) is 10.1. The summed E-state index contributed by atoms with van der Waals surface area (Å²) in [5, 5.41) is 9.71. The number of nitrogens with one attached hydrogen (secondary N) is 2. The molecular weight excluding hydrogens is 390 g/mol. The Labute approximate surface area is 180 Å². The lowest BCUT2D eigenvalue weighted by Crippen LogP contribution is -2.29. The smallest absolute Gasteiger partial charge is 0.269 e. The zero-order valence-corrected chi connectivity index (χ0v) is 17.2. The highest BCUT2D eigenvalue weighted by Crippen LogP contribution is 2.26. The van der Waals surface area contributed by atoms with Gasteiger partial charge in [-0.2, -0.15) is 0 Å². The summed E-state index contributed by atoms with van der Waals surface area (Å²) >= 11 is 0. The number of aryl methyl sites for hydroxylation is 1. The normalized spacial score (nSPS) is 15.0. The van der Waals surface area contributed by atoms with Crippen LogP contribution in [0.4, 0.5) is 5.69 Å². The molecule has 31 heavy (non-hydrogen) atoms. The topological polar surface area (TPSA) is 79.8 Å². The lowest BCUT2D eigenvalue weighted by Gasteiger charge is -2.09. The van der Waals surface area contributed by atoms with E-state index in [9.17, 15) is 9.59 Å². The fraction of sp³-hybridized carbons (Fsp3) is 0.160. The Balaban J connectivity index is 1.31. The van der Waals surface area contributed by atoms with Crippen LogP contribution in [0.5, 0.6) is 0 Å². The minimum Gasteiger partial charge on any atom is -0.387 e. The maximum atomic E-state index is 12.5. The molecule has 2 amide bonds. The molecule has 1 aliphatic heterocycles. The number of anilines is 1. The molecule has 6 heteroatoms. The Hall–Kier alpha value is -3.93. The number of nitrogens with zero attached hydrogens (tertiary/aromatic N) is 1. The molecule has 156 valence electrons. The Morgan fingerprint density at radius 3 is 2.52 bits per heavy atom. The molecule has 0 fully saturated rings. The molecule has 6 nitrogen and oxygen atoms in total. The SMILES string of the molecule is Cc1ccc(C(=O)Nc2cccc(CNC(=O)C3=NOC(c4ccccc4)C3)c2)cc1. The molecule has 0 radical (unpaired) electrons. The van der Waals surface area contributed by atoms with Gasteiger partial charge >= 0.3 is 0 Å². The summed E-state index contributed by atoms with van der Waals surface area (Å²) in [5.41, 5.74) is 4.60. The molecule has 0 aromatic heterocycles. The van der Waals surface area contributed by atoms with E-state index in [0.29, 0.717) is 29.9 Å². The molecule has 1 unspecified atom stereocenters. The van der Waals surface area contributed by atoms with Gasteiger partial charge < -0.3 is 15.5 Å². The van der Waals surface area contributed by atoms with E-state index in [0.717, 1.165) is 16.7 Å². The van der Waals surface area contributed by atoms with Crippen LogP contribution in [0.3, 0.4) is 0 Å². The van der Waals surface area contributed by atoms with E-state index in [1.54, 1.807) is 12.1 Å². The maximum Gasteiger partial charge on any atom is 0.269 e. The number of carbonyl (C=O) groups is 2. The van der Waals surface area contributed by atoms with Gasteiger partial charge in [0.05, 0.1) is 0 Å². The van der Waals surface area contributed by atoms with Crippen LogP contribution in [-0.2, 0) is 16.2 Å². The summed E-state index contributed by atoms with van der Waals surface area (Å²) < 4.78 is 0. The summed E-state index contributed by atoms with van der Waals surface area (Å²) in [6.45, 7) is 2.30. The van der Waals surface area contributed by atoms with Crippen molar-refractivity contribution in [1.29, 1.82) is 0 Å². The second-order valence-electron chi connectivity index (χ2n) is 7.45. The predicted molar refractivity (Wildman–Crippen MR) is 120 cm³/mol. The summed E-state index contributed by atoms with van der Waals surface area (Å²) in [6.07, 6.45) is 0.199. The highest BCUT2D eigenvalue weighted by molar-refractivity contribution is 6.39. The quantitative estimate of drug-likeness (QED) is 0.629. The highest BCUT2D eigenvalue weighted by Gasteiger charge is 2.27. The summed E-state index contributed by atoms with van der Waals surface area (Å²) in [7, 11) is 0. The number of hydrogen-bond acceptors (Lipinski definition) is 4. The van der Waals surface area contributed by atoms with Gasteiger partial charge in [0.1, 0.15) is 5.71 Å². The molecule has 3 aromatic carbocycles. The third kappa shape index (κ3) is 5.17. The Morgan fingerprint density at radius 2 is 1.74 bits per heavy atom. The molecular formula is C25H23N3O3. The Bertz CT molecular complexity index is 1110. The first-order valence-electron chi connectivity index (χ1n) is 10.1. The largest absolute Gasteiger partial charge is 0.387 e. The van der Waals surface area contributed by atoms with E-state index in [1.807, 2.05) is 73.7 Å². The van der Waals surface area contributed by atoms with Crippen molar-refractivity contribution in [3.8, 4) is 0 Å². The third-order valence-electron chi connectivity index (χ3n) is 5.05. The molecule has 0 spiro atoms. The van der Waals surface area contributed by atoms with Crippen LogP contribution in [0.15, 0.2) is 84.0 Å². The first-order chi connectivity index (χ1) is 15.1. The van der Waals surface area contributed by atoms with Gasteiger partial charge in [0.15, 0.2) is 6.10 Å². The zero-order valence-electron chi connectivity index (χ0n) is 17.2. The van der Waals surface area contributed by atoms with Crippen molar-refractivity contribution >= 4 is 23.2 Å². The monoisotopic (exact) mass is 413 g/mol. The summed E-state index contributed by atoms with van der Waals surface area (Å²) in [6, 6.07) is 24.5. The molecule has 0 saturated heterocycles. The first kappa shape index (κ1) is 20.3. The van der Waals surface area contributed by atoms with Crippen LogP contribution >= 0.6 is 0 Å². The molecule has 0 bridgehead atoms. The van der Waals surface area contributed by atoms with Crippen LogP contribution in [0.25, 0.3) is 0 Å². The van der Waals surface area contributed by atoms with Crippen molar-refractivity contribution in [2.75, 3.05) is 5.32 Å². The van der Waals surface area contributed by atoms with E-state index in [1.165, 1.54) is 0 Å². The molecule has 3 aromatic rings. The summed E-state index contributed by atoms with van der Waals surface area (Å²) in [5.74, 6) is -0.432. The zero-order chi connectivity index (χ0) is 21.6. The van der Waals surface area contributed by atoms with Gasteiger partial charge in [-0.3, -0.25) is 9.59 Å². The van der Waals surface area contributed by atoms with Gasteiger partial charge in [0.25, 0.3) is 11.8 Å². The molecule has 1 atom stereocenters. The maximum absolute atomic E-state index is 12.5. The number of amides is 2. The standard InChI is InChI=1S/C25H23N3O3/c1-17-10-12-20(13-11-17)24(29)27-21-9-5-6-18(14-21)16-26-25(30)22-15-23(31-28-22)19-7-3-2-4-8-19/h2-14,23H,15-16H2,1H3,(H,26,30)(H,27,29). The van der Waals surface area contributed by atoms with E-state index in [2.05, 4.69) is 15.8 Å². The number of oxime groups is 1.